The molecule has 14 heteroatoms. The minimum atomic E-state index is -5.75. The summed E-state index contributed by atoms with van der Waals surface area (Å²) in [6, 6.07) is 5.06. The summed E-state index contributed by atoms with van der Waals surface area (Å²) in [5, 5.41) is 14.5. The van der Waals surface area contributed by atoms with E-state index in [4.69, 9.17) is 11.6 Å². The van der Waals surface area contributed by atoms with Gasteiger partial charge in [0.1, 0.15) is 11.5 Å². The Labute approximate surface area is 185 Å². The van der Waals surface area contributed by atoms with E-state index in [-0.39, 0.29) is 24.0 Å². The third-order valence-corrected chi connectivity index (χ3v) is 6.58. The highest BCUT2D eigenvalue weighted by atomic mass is 35.5. The van der Waals surface area contributed by atoms with Crippen molar-refractivity contribution in [2.24, 2.45) is 5.92 Å². The van der Waals surface area contributed by atoms with E-state index < -0.39 is 36.8 Å². The SMILES string of the molecule is O=C(Nc1ccc(Cl)cn1)[C@H]1CCCN(c2ccc(S(=O)(=O)C(F)(F)F)cc2[N+](=O)[O-])C1. The van der Waals surface area contributed by atoms with E-state index in [1.54, 1.807) is 0 Å². The first kappa shape index (κ1) is 23.7. The fourth-order valence-corrected chi connectivity index (χ4v) is 4.20. The Morgan fingerprint density at radius 1 is 1.28 bits per heavy atom. The Morgan fingerprint density at radius 3 is 2.59 bits per heavy atom. The van der Waals surface area contributed by atoms with Crippen LogP contribution in [0.1, 0.15) is 12.8 Å². The molecule has 1 aliphatic rings. The van der Waals surface area contributed by atoms with Crippen LogP contribution in [0.4, 0.5) is 30.4 Å². The second-order valence-corrected chi connectivity index (χ2v) is 9.37. The van der Waals surface area contributed by atoms with Crippen molar-refractivity contribution in [2.45, 2.75) is 23.2 Å². The van der Waals surface area contributed by atoms with Crippen LogP contribution >= 0.6 is 11.6 Å². The van der Waals surface area contributed by atoms with Crippen LogP contribution in [-0.4, -0.2) is 42.8 Å². The molecule has 0 unspecified atom stereocenters. The van der Waals surface area contributed by atoms with Crippen LogP contribution in [-0.2, 0) is 14.6 Å². The molecule has 1 atom stereocenters. The molecule has 1 amide bonds. The average molecular weight is 493 g/mol. The van der Waals surface area contributed by atoms with E-state index in [2.05, 4.69) is 10.3 Å². The number of carbonyl (C=O) groups is 1. The minimum absolute atomic E-state index is 0.0473. The number of piperidine rings is 1. The third kappa shape index (κ3) is 4.93. The average Bonchev–Trinajstić information content (AvgIpc) is 2.74. The van der Waals surface area contributed by atoms with Gasteiger partial charge in [-0.15, -0.1) is 0 Å². The number of benzene rings is 1. The van der Waals surface area contributed by atoms with Gasteiger partial charge in [-0.2, -0.15) is 13.2 Å². The lowest BCUT2D eigenvalue weighted by Gasteiger charge is -2.33. The van der Waals surface area contributed by atoms with E-state index >= 15 is 0 Å². The van der Waals surface area contributed by atoms with Crippen molar-refractivity contribution >= 4 is 44.5 Å². The van der Waals surface area contributed by atoms with Crippen molar-refractivity contribution in [3.05, 3.63) is 51.7 Å². The molecule has 172 valence electrons. The Balaban J connectivity index is 1.84. The van der Waals surface area contributed by atoms with Gasteiger partial charge in [0.2, 0.25) is 5.91 Å². The number of sulfone groups is 1. The Morgan fingerprint density at radius 2 is 2.00 bits per heavy atom. The predicted octanol–water partition coefficient (Wildman–Crippen LogP) is 3.79. The van der Waals surface area contributed by atoms with Crippen molar-refractivity contribution in [1.82, 2.24) is 4.98 Å². The first-order chi connectivity index (χ1) is 14.9. The molecule has 1 fully saturated rings. The first-order valence-electron chi connectivity index (χ1n) is 9.17. The van der Waals surface area contributed by atoms with Crippen LogP contribution in [0, 0.1) is 16.0 Å². The molecule has 0 spiro atoms. The van der Waals surface area contributed by atoms with E-state index in [0.717, 1.165) is 6.07 Å². The van der Waals surface area contributed by atoms with E-state index in [1.165, 1.54) is 23.2 Å². The number of nitrogens with zero attached hydrogens (tertiary/aromatic N) is 3. The molecule has 32 heavy (non-hydrogen) atoms. The summed E-state index contributed by atoms with van der Waals surface area (Å²) in [4.78, 5) is 27.3. The number of nitrogens with one attached hydrogen (secondary N) is 1. The van der Waals surface area contributed by atoms with Crippen LogP contribution in [0.2, 0.25) is 5.02 Å². The summed E-state index contributed by atoms with van der Waals surface area (Å²) >= 11 is 5.75. The molecular formula is C18H16ClF3N4O5S. The van der Waals surface area contributed by atoms with Gasteiger partial charge >= 0.3 is 5.51 Å². The lowest BCUT2D eigenvalue weighted by atomic mass is 9.96. The molecule has 9 nitrogen and oxygen atoms in total. The van der Waals surface area contributed by atoms with Crippen LogP contribution in [0.15, 0.2) is 41.4 Å². The summed E-state index contributed by atoms with van der Waals surface area (Å²) < 4.78 is 61.7. The number of anilines is 2. The van der Waals surface area contributed by atoms with Gasteiger partial charge in [0.15, 0.2) is 0 Å². The number of pyridine rings is 1. The van der Waals surface area contributed by atoms with Crippen molar-refractivity contribution in [3.63, 3.8) is 0 Å². The Kier molecular flexibility index (Phi) is 6.60. The number of amides is 1. The second-order valence-electron chi connectivity index (χ2n) is 6.99. The largest absolute Gasteiger partial charge is 0.501 e. The number of alkyl halides is 3. The van der Waals surface area contributed by atoms with Crippen LogP contribution < -0.4 is 10.2 Å². The first-order valence-corrected chi connectivity index (χ1v) is 11.0. The topological polar surface area (TPSA) is 123 Å². The highest BCUT2D eigenvalue weighted by Crippen LogP contribution is 2.37. The molecule has 1 saturated heterocycles. The van der Waals surface area contributed by atoms with Crippen LogP contribution in [0.3, 0.4) is 0 Å². The van der Waals surface area contributed by atoms with Crippen molar-refractivity contribution in [1.29, 1.82) is 0 Å². The van der Waals surface area contributed by atoms with E-state index in [1.807, 2.05) is 0 Å². The molecule has 1 aromatic carbocycles. The standard InChI is InChI=1S/C18H16ClF3N4O5S/c19-12-3-6-16(23-9-12)24-17(27)11-2-1-7-25(10-11)14-5-4-13(8-15(14)26(28)29)32(30,31)18(20,21)22/h3-6,8-9,11H,1-2,7,10H2,(H,23,24,27)/t11-/m0/s1. The lowest BCUT2D eigenvalue weighted by Crippen LogP contribution is -2.41. The van der Waals surface area contributed by atoms with E-state index in [9.17, 15) is 36.5 Å². The Hall–Kier alpha value is -2.93. The number of hydrogen-bond donors (Lipinski definition) is 1. The normalized spacial score (nSPS) is 17.1. The predicted molar refractivity (Wildman–Crippen MR) is 109 cm³/mol. The molecular weight excluding hydrogens is 477 g/mol. The molecule has 3 rings (SSSR count). The zero-order valence-electron chi connectivity index (χ0n) is 16.2. The maximum Gasteiger partial charge on any atom is 0.501 e. The number of hydrogen-bond acceptors (Lipinski definition) is 7. The summed E-state index contributed by atoms with van der Waals surface area (Å²) in [6.07, 6.45) is 2.31. The maximum absolute atomic E-state index is 12.8. The molecule has 1 aromatic heterocycles. The molecule has 0 aliphatic carbocycles. The van der Waals surface area contributed by atoms with Crippen molar-refractivity contribution < 1.29 is 31.3 Å². The fourth-order valence-electron chi connectivity index (χ4n) is 3.31. The van der Waals surface area contributed by atoms with Gasteiger partial charge in [-0.25, -0.2) is 13.4 Å². The summed E-state index contributed by atoms with van der Waals surface area (Å²) in [5.74, 6) is -0.702. The second kappa shape index (κ2) is 8.90. The molecule has 0 saturated carbocycles. The zero-order valence-corrected chi connectivity index (χ0v) is 17.7. The molecule has 2 aromatic rings. The zero-order chi connectivity index (χ0) is 23.7. The summed E-state index contributed by atoms with van der Waals surface area (Å²) in [6.45, 7) is 0.348. The van der Waals surface area contributed by atoms with Gasteiger partial charge in [0.25, 0.3) is 15.5 Å². The minimum Gasteiger partial charge on any atom is -0.365 e. The number of carbonyl (C=O) groups excluding carboxylic acids is 1. The number of aromatic nitrogens is 1. The van der Waals surface area contributed by atoms with Gasteiger partial charge in [-0.1, -0.05) is 11.6 Å². The van der Waals surface area contributed by atoms with E-state index in [0.29, 0.717) is 36.5 Å². The van der Waals surface area contributed by atoms with Gasteiger partial charge in [0.05, 0.1) is 20.8 Å². The Bertz CT molecular complexity index is 1140. The molecule has 2 heterocycles. The fraction of sp³-hybridized carbons (Fsp3) is 0.333. The molecule has 1 N–H and O–H groups in total. The van der Waals surface area contributed by atoms with Crippen LogP contribution in [0.5, 0.6) is 0 Å². The monoisotopic (exact) mass is 492 g/mol. The van der Waals surface area contributed by atoms with Gasteiger partial charge in [-0.05, 0) is 37.1 Å². The number of halogens is 4. The van der Waals surface area contributed by atoms with Crippen LogP contribution in [0.25, 0.3) is 0 Å². The van der Waals surface area contributed by atoms with Gasteiger partial charge < -0.3 is 10.2 Å². The maximum atomic E-state index is 12.8. The highest BCUT2D eigenvalue weighted by Gasteiger charge is 2.47. The number of nitro benzene ring substituents is 1. The number of rotatable bonds is 5. The van der Waals surface area contributed by atoms with Crippen molar-refractivity contribution in [2.75, 3.05) is 23.3 Å². The number of nitro groups is 1. The molecule has 0 radical (unpaired) electrons. The van der Waals surface area contributed by atoms with Gasteiger partial charge in [-0.3, -0.25) is 14.9 Å². The highest BCUT2D eigenvalue weighted by molar-refractivity contribution is 7.92. The summed E-state index contributed by atoms with van der Waals surface area (Å²) in [5.41, 5.74) is -6.46. The quantitative estimate of drug-likeness (QED) is 0.497. The molecule has 0 bridgehead atoms. The van der Waals surface area contributed by atoms with Gasteiger partial charge in [0, 0.05) is 25.4 Å². The lowest BCUT2D eigenvalue weighted by molar-refractivity contribution is -0.384. The third-order valence-electron chi connectivity index (χ3n) is 4.87. The molecule has 1 aliphatic heterocycles. The summed E-state index contributed by atoms with van der Waals surface area (Å²) in [7, 11) is -5.75. The van der Waals surface area contributed by atoms with Crippen molar-refractivity contribution in [3.8, 4) is 0 Å². The smallest absolute Gasteiger partial charge is 0.365 e.